The second-order valence-corrected chi connectivity index (χ2v) is 6.59. The number of hydrogen-bond donors (Lipinski definition) is 1. The van der Waals surface area contributed by atoms with Crippen LogP contribution in [0.1, 0.15) is 31.7 Å². The van der Waals surface area contributed by atoms with E-state index in [1.807, 2.05) is 0 Å². The standard InChI is InChI=1S/C14H14BrF3N2O/c1-12(9-7-8(15)3-4-10(9)16)14(17,18)13(5-2-6-13)21-11(19)20-12/h3-4,7H,2,5-6H2,1H3,(H2,19,20)/t12-/m1/s1. The topological polar surface area (TPSA) is 47.6 Å². The third kappa shape index (κ3) is 1.82. The van der Waals surface area contributed by atoms with Gasteiger partial charge in [-0.2, -0.15) is 8.78 Å². The van der Waals surface area contributed by atoms with Gasteiger partial charge in [-0.1, -0.05) is 15.9 Å². The molecular weight excluding hydrogens is 349 g/mol. The first kappa shape index (κ1) is 14.7. The molecule has 1 saturated carbocycles. The molecule has 1 aliphatic carbocycles. The Labute approximate surface area is 128 Å². The van der Waals surface area contributed by atoms with E-state index in [1.54, 1.807) is 0 Å². The fraction of sp³-hybridized carbons (Fsp3) is 0.500. The molecule has 0 bridgehead atoms. The van der Waals surface area contributed by atoms with Gasteiger partial charge in [-0.25, -0.2) is 9.38 Å². The molecule has 1 aromatic carbocycles. The van der Waals surface area contributed by atoms with Crippen molar-refractivity contribution < 1.29 is 17.9 Å². The normalized spacial score (nSPS) is 29.5. The summed E-state index contributed by atoms with van der Waals surface area (Å²) in [6.45, 7) is 1.20. The van der Waals surface area contributed by atoms with Crippen molar-refractivity contribution in [2.24, 2.45) is 10.7 Å². The first-order valence-corrected chi connectivity index (χ1v) is 7.39. The molecule has 1 aliphatic heterocycles. The molecule has 0 aromatic heterocycles. The van der Waals surface area contributed by atoms with Crippen molar-refractivity contribution >= 4 is 22.0 Å². The number of benzene rings is 1. The van der Waals surface area contributed by atoms with Gasteiger partial charge in [-0.15, -0.1) is 0 Å². The molecule has 1 atom stereocenters. The van der Waals surface area contributed by atoms with Gasteiger partial charge in [0.25, 0.3) is 6.02 Å². The number of rotatable bonds is 1. The Kier molecular flexibility index (Phi) is 3.06. The minimum absolute atomic E-state index is 0.182. The van der Waals surface area contributed by atoms with E-state index in [4.69, 9.17) is 10.5 Å². The maximum atomic E-state index is 15.1. The Bertz CT molecular complexity index is 631. The summed E-state index contributed by atoms with van der Waals surface area (Å²) in [4.78, 5) is 3.78. The van der Waals surface area contributed by atoms with Crippen molar-refractivity contribution in [1.82, 2.24) is 0 Å². The molecule has 114 valence electrons. The SMILES string of the molecule is C[C@]1(c2cc(Br)ccc2F)N=C(N)OC2(CCC2)C1(F)F. The summed E-state index contributed by atoms with van der Waals surface area (Å²) in [7, 11) is 0. The summed E-state index contributed by atoms with van der Waals surface area (Å²) < 4.78 is 49.9. The minimum Gasteiger partial charge on any atom is -0.452 e. The van der Waals surface area contributed by atoms with Crippen molar-refractivity contribution in [3.05, 3.63) is 34.1 Å². The monoisotopic (exact) mass is 362 g/mol. The average Bonchev–Trinajstić information content (AvgIpc) is 2.34. The molecule has 1 fully saturated rings. The number of alkyl halides is 2. The largest absolute Gasteiger partial charge is 0.452 e. The number of aliphatic imine (C=N–C) groups is 1. The molecule has 2 N–H and O–H groups in total. The smallest absolute Gasteiger partial charge is 0.315 e. The first-order valence-electron chi connectivity index (χ1n) is 6.60. The zero-order valence-electron chi connectivity index (χ0n) is 11.3. The Hall–Kier alpha value is -1.24. The Morgan fingerprint density at radius 3 is 2.57 bits per heavy atom. The summed E-state index contributed by atoms with van der Waals surface area (Å²) in [6.07, 6.45) is 0.989. The zero-order valence-corrected chi connectivity index (χ0v) is 12.9. The van der Waals surface area contributed by atoms with Crippen LogP contribution in [0.25, 0.3) is 0 Å². The van der Waals surface area contributed by atoms with Crippen LogP contribution in [0.4, 0.5) is 13.2 Å². The molecule has 0 unspecified atom stereocenters. The van der Waals surface area contributed by atoms with E-state index < -0.39 is 22.9 Å². The van der Waals surface area contributed by atoms with Gasteiger partial charge in [0.1, 0.15) is 5.82 Å². The highest BCUT2D eigenvalue weighted by Crippen LogP contribution is 2.58. The van der Waals surface area contributed by atoms with Crippen LogP contribution < -0.4 is 5.73 Å². The van der Waals surface area contributed by atoms with E-state index in [1.165, 1.54) is 19.1 Å². The summed E-state index contributed by atoms with van der Waals surface area (Å²) in [5.41, 5.74) is 1.64. The van der Waals surface area contributed by atoms with Crippen molar-refractivity contribution in [2.75, 3.05) is 0 Å². The highest BCUT2D eigenvalue weighted by Gasteiger charge is 2.71. The van der Waals surface area contributed by atoms with E-state index in [-0.39, 0.29) is 24.4 Å². The molecule has 1 spiro atoms. The molecule has 1 aromatic rings. The van der Waals surface area contributed by atoms with Crippen LogP contribution in [0.15, 0.2) is 27.7 Å². The first-order chi connectivity index (χ1) is 9.72. The number of ether oxygens (including phenoxy) is 1. The van der Waals surface area contributed by atoms with Crippen LogP contribution in [0, 0.1) is 5.82 Å². The van der Waals surface area contributed by atoms with Gasteiger partial charge >= 0.3 is 5.92 Å². The predicted molar refractivity (Wildman–Crippen MR) is 75.7 cm³/mol. The average molecular weight is 363 g/mol. The molecule has 21 heavy (non-hydrogen) atoms. The Morgan fingerprint density at radius 2 is 2.00 bits per heavy atom. The maximum absolute atomic E-state index is 15.1. The summed E-state index contributed by atoms with van der Waals surface area (Å²) in [5, 5.41) is 0. The second-order valence-electron chi connectivity index (χ2n) is 5.67. The van der Waals surface area contributed by atoms with Crippen LogP contribution in [-0.4, -0.2) is 17.5 Å². The fourth-order valence-electron chi connectivity index (χ4n) is 3.04. The molecule has 7 heteroatoms. The lowest BCUT2D eigenvalue weighted by Crippen LogP contribution is -2.67. The van der Waals surface area contributed by atoms with E-state index in [2.05, 4.69) is 20.9 Å². The van der Waals surface area contributed by atoms with Gasteiger partial charge < -0.3 is 10.5 Å². The van der Waals surface area contributed by atoms with Gasteiger partial charge in [-0.3, -0.25) is 0 Å². The number of nitrogens with two attached hydrogens (primary N) is 1. The summed E-state index contributed by atoms with van der Waals surface area (Å²) in [5.74, 6) is -4.10. The van der Waals surface area contributed by atoms with Crippen LogP contribution in [0.2, 0.25) is 0 Å². The van der Waals surface area contributed by atoms with Gasteiger partial charge in [0, 0.05) is 10.0 Å². The van der Waals surface area contributed by atoms with E-state index in [9.17, 15) is 4.39 Å². The molecule has 0 saturated heterocycles. The Balaban J connectivity index is 2.22. The highest BCUT2D eigenvalue weighted by atomic mass is 79.9. The molecule has 3 nitrogen and oxygen atoms in total. The van der Waals surface area contributed by atoms with E-state index in [0.29, 0.717) is 10.9 Å². The van der Waals surface area contributed by atoms with Crippen LogP contribution in [0.3, 0.4) is 0 Å². The lowest BCUT2D eigenvalue weighted by Gasteiger charge is -2.54. The van der Waals surface area contributed by atoms with E-state index >= 15 is 8.78 Å². The van der Waals surface area contributed by atoms with Crippen molar-refractivity contribution in [3.8, 4) is 0 Å². The van der Waals surface area contributed by atoms with E-state index in [0.717, 1.165) is 6.07 Å². The zero-order chi connectivity index (χ0) is 15.5. The van der Waals surface area contributed by atoms with Gasteiger partial charge in [0.05, 0.1) is 0 Å². The number of nitrogens with zero attached hydrogens (tertiary/aromatic N) is 1. The maximum Gasteiger partial charge on any atom is 0.315 e. The number of amidine groups is 1. The summed E-state index contributed by atoms with van der Waals surface area (Å²) in [6, 6.07) is 3.58. The number of halogens is 4. The van der Waals surface area contributed by atoms with Crippen molar-refractivity contribution in [3.63, 3.8) is 0 Å². The molecule has 2 aliphatic rings. The third-order valence-electron chi connectivity index (χ3n) is 4.43. The molecule has 0 amide bonds. The fourth-order valence-corrected chi connectivity index (χ4v) is 3.40. The van der Waals surface area contributed by atoms with Gasteiger partial charge in [0.2, 0.25) is 0 Å². The molecule has 1 heterocycles. The molecule has 3 rings (SSSR count). The lowest BCUT2D eigenvalue weighted by atomic mass is 9.66. The minimum atomic E-state index is -3.36. The van der Waals surface area contributed by atoms with Gasteiger partial charge in [-0.05, 0) is 44.4 Å². The predicted octanol–water partition coefficient (Wildman–Crippen LogP) is 3.71. The second kappa shape index (κ2) is 4.38. The lowest BCUT2D eigenvalue weighted by molar-refractivity contribution is -0.252. The van der Waals surface area contributed by atoms with Crippen LogP contribution in [0.5, 0.6) is 0 Å². The van der Waals surface area contributed by atoms with Crippen LogP contribution >= 0.6 is 15.9 Å². The quantitative estimate of drug-likeness (QED) is 0.827. The van der Waals surface area contributed by atoms with Crippen LogP contribution in [-0.2, 0) is 10.3 Å². The molecule has 0 radical (unpaired) electrons. The van der Waals surface area contributed by atoms with Gasteiger partial charge in [0.15, 0.2) is 11.1 Å². The highest BCUT2D eigenvalue weighted by molar-refractivity contribution is 9.10. The molecular formula is C14H14BrF3N2O. The van der Waals surface area contributed by atoms with Crippen molar-refractivity contribution in [2.45, 2.75) is 43.2 Å². The third-order valence-corrected chi connectivity index (χ3v) is 4.92. The Morgan fingerprint density at radius 1 is 1.33 bits per heavy atom. The van der Waals surface area contributed by atoms with Crippen molar-refractivity contribution in [1.29, 1.82) is 0 Å². The number of hydrogen-bond acceptors (Lipinski definition) is 3. The summed E-state index contributed by atoms with van der Waals surface area (Å²) >= 11 is 3.18.